The van der Waals surface area contributed by atoms with Crippen molar-refractivity contribution in [2.75, 3.05) is 6.54 Å². The number of urea groups is 1. The molecule has 0 spiro atoms. The molecule has 8 atom stereocenters. The highest BCUT2D eigenvalue weighted by atomic mass is 16.6. The molecular formula is C31H38N2O5. The summed E-state index contributed by atoms with van der Waals surface area (Å²) in [6, 6.07) is 16.3. The maximum Gasteiger partial charge on any atom is 0.337 e. The first-order chi connectivity index (χ1) is 18.0. The Morgan fingerprint density at radius 3 is 2.50 bits per heavy atom. The summed E-state index contributed by atoms with van der Waals surface area (Å²) in [7, 11) is 0. The Morgan fingerprint density at radius 2 is 1.79 bits per heavy atom. The number of epoxide rings is 1. The van der Waals surface area contributed by atoms with Crippen molar-refractivity contribution in [2.24, 2.45) is 16.7 Å². The summed E-state index contributed by atoms with van der Waals surface area (Å²) in [5.74, 6) is -0.210. The van der Waals surface area contributed by atoms with E-state index in [1.807, 2.05) is 25.1 Å². The van der Waals surface area contributed by atoms with Gasteiger partial charge in [0.15, 0.2) is 6.10 Å². The van der Waals surface area contributed by atoms with Crippen LogP contribution in [0.5, 0.6) is 0 Å². The minimum Gasteiger partial charge on any atom is -0.460 e. The molecule has 0 radical (unpaired) electrons. The van der Waals surface area contributed by atoms with E-state index in [4.69, 9.17) is 9.47 Å². The normalized spacial score (nSPS) is 36.7. The van der Waals surface area contributed by atoms with Gasteiger partial charge in [0, 0.05) is 17.9 Å². The number of benzene rings is 2. The van der Waals surface area contributed by atoms with Gasteiger partial charge in [0.05, 0.1) is 6.04 Å². The smallest absolute Gasteiger partial charge is 0.337 e. The van der Waals surface area contributed by atoms with Gasteiger partial charge in [-0.05, 0) is 47.8 Å². The SMILES string of the molecule is CCNC(=O)N[C@@H](c1ccccc1)[C@@H](O)C(=O)OC1CC2C(C)(C)C1(C)[C@@]13C[C@H](C)c4ccccc4[C@@]21O3. The predicted molar refractivity (Wildman–Crippen MR) is 142 cm³/mol. The standard InChI is InChI=1S/C31H38N2O5/c1-6-32-27(36)33-24(19-12-8-7-9-13-19)25(34)26(35)37-23-16-22-28(3,4)29(23,5)30-17-18(2)20-14-10-11-15-21(20)31(22,30)38-30/h7-15,18,22-25,34H,6,16-17H2,1-5H3,(H2,32,33,36)/t18-,22?,23?,24-,25+,29?,30-,31+/m0/s1. The van der Waals surface area contributed by atoms with Crippen molar-refractivity contribution in [3.8, 4) is 0 Å². The summed E-state index contributed by atoms with van der Waals surface area (Å²) in [6.45, 7) is 11.3. The molecule has 1 aliphatic heterocycles. The zero-order valence-electron chi connectivity index (χ0n) is 22.8. The average Bonchev–Trinajstić information content (AvgIpc) is 3.53. The fourth-order valence-electron chi connectivity index (χ4n) is 8.61. The minimum atomic E-state index is -1.56. The lowest BCUT2D eigenvalue weighted by Crippen LogP contribution is -2.53. The number of esters is 1. The molecule has 3 unspecified atom stereocenters. The fraction of sp³-hybridized carbons (Fsp3) is 0.548. The number of hydrogen-bond acceptors (Lipinski definition) is 5. The molecule has 202 valence electrons. The molecule has 1 saturated heterocycles. The average molecular weight is 519 g/mol. The van der Waals surface area contributed by atoms with E-state index >= 15 is 0 Å². The monoisotopic (exact) mass is 518 g/mol. The van der Waals surface area contributed by atoms with E-state index in [0.29, 0.717) is 24.4 Å². The molecular weight excluding hydrogens is 480 g/mol. The zero-order valence-corrected chi connectivity index (χ0v) is 22.8. The Balaban J connectivity index is 1.29. The molecule has 3 N–H and O–H groups in total. The van der Waals surface area contributed by atoms with Crippen molar-refractivity contribution in [1.82, 2.24) is 10.6 Å². The Labute approximate surface area is 224 Å². The molecule has 38 heavy (non-hydrogen) atoms. The number of nitrogens with one attached hydrogen (secondary N) is 2. The number of hydrogen-bond donors (Lipinski definition) is 3. The van der Waals surface area contributed by atoms with Gasteiger partial charge in [-0.25, -0.2) is 9.59 Å². The molecule has 3 fully saturated rings. The molecule has 4 aliphatic rings. The number of aliphatic hydroxyl groups is 1. The van der Waals surface area contributed by atoms with Crippen molar-refractivity contribution >= 4 is 12.0 Å². The van der Waals surface area contributed by atoms with Crippen LogP contribution in [0.2, 0.25) is 0 Å². The quantitative estimate of drug-likeness (QED) is 0.385. The first kappa shape index (κ1) is 25.4. The number of ether oxygens (including phenoxy) is 2. The van der Waals surface area contributed by atoms with E-state index in [9.17, 15) is 14.7 Å². The Hall–Kier alpha value is -2.90. The van der Waals surface area contributed by atoms with Crippen LogP contribution in [-0.4, -0.2) is 41.5 Å². The fourth-order valence-corrected chi connectivity index (χ4v) is 8.61. The van der Waals surface area contributed by atoms with Crippen LogP contribution in [0.3, 0.4) is 0 Å². The second-order valence-electron chi connectivity index (χ2n) is 12.3. The molecule has 0 aromatic heterocycles. The third kappa shape index (κ3) is 2.97. The van der Waals surface area contributed by atoms with Crippen LogP contribution in [0.15, 0.2) is 54.6 Å². The lowest BCUT2D eigenvalue weighted by molar-refractivity contribution is -0.172. The second-order valence-corrected chi connectivity index (χ2v) is 12.3. The van der Waals surface area contributed by atoms with E-state index in [0.717, 1.165) is 6.42 Å². The van der Waals surface area contributed by atoms with Crippen molar-refractivity contribution in [3.63, 3.8) is 0 Å². The van der Waals surface area contributed by atoms with Gasteiger partial charge in [0.2, 0.25) is 0 Å². The van der Waals surface area contributed by atoms with Crippen LogP contribution in [-0.2, 0) is 19.9 Å². The first-order valence-corrected chi connectivity index (χ1v) is 13.8. The molecule has 2 aromatic rings. The predicted octanol–water partition coefficient (Wildman–Crippen LogP) is 4.56. The maximum atomic E-state index is 13.5. The lowest BCUT2D eigenvalue weighted by Gasteiger charge is -2.46. The first-order valence-electron chi connectivity index (χ1n) is 13.8. The summed E-state index contributed by atoms with van der Waals surface area (Å²) in [5, 5.41) is 16.6. The zero-order chi connectivity index (χ0) is 27.1. The minimum absolute atomic E-state index is 0.142. The number of fused-ring (bicyclic) bond motifs is 3. The van der Waals surface area contributed by atoms with Gasteiger partial charge < -0.3 is 25.2 Å². The van der Waals surface area contributed by atoms with E-state index in [-0.39, 0.29) is 16.9 Å². The van der Waals surface area contributed by atoms with Crippen LogP contribution < -0.4 is 10.6 Å². The molecule has 2 bridgehead atoms. The van der Waals surface area contributed by atoms with Crippen molar-refractivity contribution in [3.05, 3.63) is 71.3 Å². The second kappa shape index (κ2) is 8.30. The number of amides is 2. The number of aliphatic hydroxyl groups excluding tert-OH is 1. The van der Waals surface area contributed by atoms with Gasteiger partial charge in [0.25, 0.3) is 0 Å². The highest BCUT2D eigenvalue weighted by molar-refractivity contribution is 5.79. The van der Waals surface area contributed by atoms with E-state index in [1.165, 1.54) is 11.1 Å². The molecule has 2 saturated carbocycles. The van der Waals surface area contributed by atoms with Crippen LogP contribution in [0.25, 0.3) is 0 Å². The summed E-state index contributed by atoms with van der Waals surface area (Å²) in [5.41, 5.74) is 1.95. The van der Waals surface area contributed by atoms with Gasteiger partial charge in [-0.1, -0.05) is 82.3 Å². The highest BCUT2D eigenvalue weighted by Crippen LogP contribution is 2.89. The topological polar surface area (TPSA) is 100 Å². The Bertz CT molecular complexity index is 1280. The van der Waals surface area contributed by atoms with Gasteiger partial charge >= 0.3 is 12.0 Å². The third-order valence-corrected chi connectivity index (χ3v) is 10.6. The van der Waals surface area contributed by atoms with Gasteiger partial charge in [-0.2, -0.15) is 0 Å². The third-order valence-electron chi connectivity index (χ3n) is 10.6. The van der Waals surface area contributed by atoms with Crippen LogP contribution in [0, 0.1) is 16.7 Å². The molecule has 2 amide bonds. The summed E-state index contributed by atoms with van der Waals surface area (Å²) < 4.78 is 13.1. The number of rotatable bonds is 6. The van der Waals surface area contributed by atoms with Crippen molar-refractivity contribution in [2.45, 2.75) is 82.8 Å². The van der Waals surface area contributed by atoms with Gasteiger partial charge in [-0.15, -0.1) is 0 Å². The summed E-state index contributed by atoms with van der Waals surface area (Å²) in [4.78, 5) is 25.9. The van der Waals surface area contributed by atoms with E-state index < -0.39 is 41.3 Å². The van der Waals surface area contributed by atoms with Crippen molar-refractivity contribution < 1.29 is 24.2 Å². The molecule has 3 aliphatic carbocycles. The molecule has 7 heteroatoms. The largest absolute Gasteiger partial charge is 0.460 e. The molecule has 1 heterocycles. The molecule has 2 aromatic carbocycles. The Kier molecular flexibility index (Phi) is 5.54. The molecule has 6 rings (SSSR count). The van der Waals surface area contributed by atoms with E-state index in [1.54, 1.807) is 12.1 Å². The molecule has 7 nitrogen and oxygen atoms in total. The van der Waals surface area contributed by atoms with E-state index in [2.05, 4.69) is 62.6 Å². The van der Waals surface area contributed by atoms with Crippen LogP contribution >= 0.6 is 0 Å². The van der Waals surface area contributed by atoms with Crippen LogP contribution in [0.4, 0.5) is 4.79 Å². The highest BCUT2D eigenvalue weighted by Gasteiger charge is 2.95. The Morgan fingerprint density at radius 1 is 1.11 bits per heavy atom. The van der Waals surface area contributed by atoms with Crippen molar-refractivity contribution in [1.29, 1.82) is 0 Å². The van der Waals surface area contributed by atoms with Gasteiger partial charge in [-0.3, -0.25) is 0 Å². The number of carbonyl (C=O) groups is 2. The van der Waals surface area contributed by atoms with Crippen LogP contribution in [0.1, 0.15) is 76.1 Å². The lowest BCUT2D eigenvalue weighted by atomic mass is 9.58. The van der Waals surface area contributed by atoms with Gasteiger partial charge in [0.1, 0.15) is 17.3 Å². The number of carbonyl (C=O) groups excluding carboxylic acids is 2. The summed E-state index contributed by atoms with van der Waals surface area (Å²) in [6.07, 6.45) is -0.410. The summed E-state index contributed by atoms with van der Waals surface area (Å²) >= 11 is 0. The maximum absolute atomic E-state index is 13.5.